The van der Waals surface area contributed by atoms with Gasteiger partial charge in [-0.25, -0.2) is 0 Å². The van der Waals surface area contributed by atoms with Crippen molar-refractivity contribution in [2.45, 2.75) is 60.8 Å². The van der Waals surface area contributed by atoms with Gasteiger partial charge in [0.25, 0.3) is 0 Å². The molecule has 1 aromatic carbocycles. The lowest BCUT2D eigenvalue weighted by atomic mass is 9.81. The molecule has 0 unspecified atom stereocenters. The van der Waals surface area contributed by atoms with Crippen LogP contribution in [0.4, 0.5) is 0 Å². The Morgan fingerprint density at radius 1 is 0.810 bits per heavy atom. The van der Waals surface area contributed by atoms with Gasteiger partial charge in [0.2, 0.25) is 0 Å². The lowest BCUT2D eigenvalue weighted by molar-refractivity contribution is 0.654. The van der Waals surface area contributed by atoms with Crippen LogP contribution in [0.2, 0.25) is 0 Å². The zero-order valence-corrected chi connectivity index (χ0v) is 15.1. The maximum atomic E-state index is 2.30. The Balaban J connectivity index is 0.000000921. The first kappa shape index (κ1) is 19.4. The van der Waals surface area contributed by atoms with Gasteiger partial charge in [-0.3, -0.25) is 0 Å². The van der Waals surface area contributed by atoms with Gasteiger partial charge in [0.15, 0.2) is 0 Å². The summed E-state index contributed by atoms with van der Waals surface area (Å²) in [5.41, 5.74) is 5.70. The van der Waals surface area contributed by atoms with Crippen LogP contribution in [-0.4, -0.2) is 0 Å². The summed E-state index contributed by atoms with van der Waals surface area (Å²) in [5, 5.41) is 0. The third-order valence-corrected chi connectivity index (χ3v) is 3.52. The molecule has 0 nitrogen and oxygen atoms in total. The molecule has 116 valence electrons. The molecule has 1 aromatic rings. The summed E-state index contributed by atoms with van der Waals surface area (Å²) in [6.07, 6.45) is 8.72. The van der Waals surface area contributed by atoms with Crippen LogP contribution in [0, 0.1) is 0 Å². The third-order valence-electron chi connectivity index (χ3n) is 3.52. The largest absolute Gasteiger partial charge is 0.0873 e. The first-order chi connectivity index (χ1) is 10.1. The molecule has 0 atom stereocenters. The van der Waals surface area contributed by atoms with Crippen LogP contribution in [0.3, 0.4) is 0 Å². The van der Waals surface area contributed by atoms with E-state index in [0.717, 1.165) is 0 Å². The number of benzene rings is 1. The summed E-state index contributed by atoms with van der Waals surface area (Å²) in [6, 6.07) is 8.72. The quantitative estimate of drug-likeness (QED) is 0.552. The van der Waals surface area contributed by atoms with Crippen molar-refractivity contribution >= 4 is 5.57 Å². The topological polar surface area (TPSA) is 0 Å². The van der Waals surface area contributed by atoms with Gasteiger partial charge >= 0.3 is 0 Å². The summed E-state index contributed by atoms with van der Waals surface area (Å²) in [4.78, 5) is 0. The van der Waals surface area contributed by atoms with Gasteiger partial charge in [-0.1, -0.05) is 90.1 Å². The predicted octanol–water partition coefficient (Wildman–Crippen LogP) is 6.94. The van der Waals surface area contributed by atoms with Gasteiger partial charge in [0.1, 0.15) is 0 Å². The number of hydrogen-bond acceptors (Lipinski definition) is 0. The minimum Gasteiger partial charge on any atom is -0.0873 e. The second-order valence-electron chi connectivity index (χ2n) is 5.00. The van der Waals surface area contributed by atoms with E-state index in [1.54, 1.807) is 0 Å². The summed E-state index contributed by atoms with van der Waals surface area (Å²) in [6.45, 7) is 16.8. The lowest BCUT2D eigenvalue weighted by Gasteiger charge is -2.22. The van der Waals surface area contributed by atoms with E-state index in [2.05, 4.69) is 76.3 Å². The fourth-order valence-electron chi connectivity index (χ4n) is 2.70. The average Bonchev–Trinajstić information content (AvgIpc) is 2.74. The smallest absolute Gasteiger partial charge is 0.0158 e. The monoisotopic (exact) mass is 284 g/mol. The second-order valence-corrected chi connectivity index (χ2v) is 5.00. The van der Waals surface area contributed by atoms with Gasteiger partial charge < -0.3 is 0 Å². The molecule has 0 spiro atoms. The first-order valence-corrected chi connectivity index (χ1v) is 8.23. The summed E-state index contributed by atoms with van der Waals surface area (Å²) in [7, 11) is 0. The van der Waals surface area contributed by atoms with E-state index in [-0.39, 0.29) is 5.41 Å². The zero-order chi connectivity index (χ0) is 16.5. The second kappa shape index (κ2) is 9.39. The van der Waals surface area contributed by atoms with E-state index in [9.17, 15) is 0 Å². The molecule has 0 heterocycles. The maximum Gasteiger partial charge on any atom is 0.0158 e. The molecule has 0 amide bonds. The van der Waals surface area contributed by atoms with E-state index in [4.69, 9.17) is 0 Å². The molecule has 0 saturated heterocycles. The molecular weight excluding hydrogens is 252 g/mol. The molecule has 0 N–H and O–H groups in total. The Morgan fingerprint density at radius 3 is 1.86 bits per heavy atom. The molecule has 1 aliphatic carbocycles. The van der Waals surface area contributed by atoms with Crippen LogP contribution in [0.15, 0.2) is 54.1 Å². The third kappa shape index (κ3) is 3.97. The molecule has 21 heavy (non-hydrogen) atoms. The Bertz CT molecular complexity index is 511. The molecule has 0 saturated carbocycles. The van der Waals surface area contributed by atoms with Gasteiger partial charge in [-0.05, 0) is 36.1 Å². The minimum atomic E-state index is 0.109. The van der Waals surface area contributed by atoms with E-state index < -0.39 is 0 Å². The van der Waals surface area contributed by atoms with Crippen molar-refractivity contribution in [3.8, 4) is 0 Å². The molecule has 2 rings (SSSR count). The van der Waals surface area contributed by atoms with Crippen LogP contribution >= 0.6 is 0 Å². The van der Waals surface area contributed by atoms with E-state index >= 15 is 0 Å². The average molecular weight is 284 g/mol. The highest BCUT2D eigenvalue weighted by molar-refractivity contribution is 5.87. The normalized spacial score (nSPS) is 15.4. The molecule has 0 radical (unpaired) electrons. The van der Waals surface area contributed by atoms with Gasteiger partial charge in [0.05, 0.1) is 0 Å². The fraction of sp³-hybridized carbons (Fsp3) is 0.429. The van der Waals surface area contributed by atoms with Crippen molar-refractivity contribution in [2.75, 3.05) is 0 Å². The molecule has 0 aliphatic heterocycles. The van der Waals surface area contributed by atoms with Crippen molar-refractivity contribution < 1.29 is 0 Å². The van der Waals surface area contributed by atoms with Crippen molar-refractivity contribution in [2.24, 2.45) is 0 Å². The molecule has 1 aliphatic rings. The van der Waals surface area contributed by atoms with Gasteiger partial charge in [-0.2, -0.15) is 0 Å². The lowest BCUT2D eigenvalue weighted by Crippen LogP contribution is -2.15. The Kier molecular flexibility index (Phi) is 8.69. The standard InChI is InChI=1S/C17H20.2C2H6/c1-5-9-13-14-11-7-8-12-16(14)17(3,4)15(13)10-6-2;2*1-2/h5-12H,1-4H3;2*1-2H3/b9-5-,10-6-;;. The van der Waals surface area contributed by atoms with Crippen molar-refractivity contribution in [3.05, 3.63) is 65.3 Å². The number of fused-ring (bicyclic) bond motifs is 1. The van der Waals surface area contributed by atoms with E-state index in [1.807, 2.05) is 27.7 Å². The Labute approximate surface area is 132 Å². The SMILES string of the molecule is CC.CC.C\C=C/C1=C(\C=C/C)C(C)(C)c2ccccc21. The molecule has 0 bridgehead atoms. The molecule has 0 fully saturated rings. The fourth-order valence-corrected chi connectivity index (χ4v) is 2.70. The number of hydrogen-bond donors (Lipinski definition) is 0. The summed E-state index contributed by atoms with van der Waals surface area (Å²) in [5.74, 6) is 0. The highest BCUT2D eigenvalue weighted by Crippen LogP contribution is 2.47. The van der Waals surface area contributed by atoms with E-state index in [0.29, 0.717) is 0 Å². The van der Waals surface area contributed by atoms with Gasteiger partial charge in [-0.15, -0.1) is 0 Å². The first-order valence-electron chi connectivity index (χ1n) is 8.23. The van der Waals surface area contributed by atoms with Crippen LogP contribution < -0.4 is 0 Å². The zero-order valence-electron chi connectivity index (χ0n) is 15.1. The van der Waals surface area contributed by atoms with Gasteiger partial charge in [0, 0.05) is 5.41 Å². The number of allylic oxidation sites excluding steroid dienone is 6. The highest BCUT2D eigenvalue weighted by Gasteiger charge is 2.34. The number of rotatable bonds is 2. The molecule has 0 aromatic heterocycles. The highest BCUT2D eigenvalue weighted by atomic mass is 14.4. The summed E-state index contributed by atoms with van der Waals surface area (Å²) < 4.78 is 0. The van der Waals surface area contributed by atoms with Crippen LogP contribution in [0.5, 0.6) is 0 Å². The Hall–Kier alpha value is -1.56. The van der Waals surface area contributed by atoms with Crippen LogP contribution in [0.25, 0.3) is 5.57 Å². The molecule has 0 heteroatoms. The van der Waals surface area contributed by atoms with Crippen molar-refractivity contribution in [1.29, 1.82) is 0 Å². The predicted molar refractivity (Wildman–Crippen MR) is 98.7 cm³/mol. The van der Waals surface area contributed by atoms with Crippen LogP contribution in [-0.2, 0) is 5.41 Å². The van der Waals surface area contributed by atoms with Crippen molar-refractivity contribution in [1.82, 2.24) is 0 Å². The van der Waals surface area contributed by atoms with Crippen LogP contribution in [0.1, 0.15) is 66.5 Å². The minimum absolute atomic E-state index is 0.109. The van der Waals surface area contributed by atoms with Crippen molar-refractivity contribution in [3.63, 3.8) is 0 Å². The summed E-state index contributed by atoms with van der Waals surface area (Å²) >= 11 is 0. The van der Waals surface area contributed by atoms with E-state index in [1.165, 1.54) is 22.3 Å². The maximum absolute atomic E-state index is 2.30. The Morgan fingerprint density at radius 2 is 1.33 bits per heavy atom. The molecular formula is C21H32.